The molecule has 0 saturated carbocycles. The van der Waals surface area contributed by atoms with E-state index in [-0.39, 0.29) is 18.4 Å². The van der Waals surface area contributed by atoms with Gasteiger partial charge in [-0.15, -0.1) is 0 Å². The van der Waals surface area contributed by atoms with E-state index in [1.807, 2.05) is 24.3 Å². The lowest BCUT2D eigenvalue weighted by molar-refractivity contribution is -0.114. The highest BCUT2D eigenvalue weighted by molar-refractivity contribution is 5.83. The zero-order chi connectivity index (χ0) is 19.4. The molecule has 2 heterocycles. The Morgan fingerprint density at radius 1 is 1.48 bits per heavy atom. The number of methoxy groups -OCH3 is 1. The molecule has 1 aromatic heterocycles. The smallest absolute Gasteiger partial charge is 0.407 e. The molecule has 144 valence electrons. The van der Waals surface area contributed by atoms with Crippen molar-refractivity contribution in [3.8, 4) is 5.75 Å². The molecule has 1 unspecified atom stereocenters. The molecule has 7 nitrogen and oxygen atoms in total. The number of carbonyl (C=O) groups excluding carboxylic acids is 1. The molecule has 2 aromatic rings. The summed E-state index contributed by atoms with van der Waals surface area (Å²) in [6, 6.07) is 7.48. The summed E-state index contributed by atoms with van der Waals surface area (Å²) in [5.41, 5.74) is 1.57. The molecule has 1 fully saturated rings. The predicted molar refractivity (Wildman–Crippen MR) is 99.7 cm³/mol. The number of piperidine rings is 1. The fraction of sp³-hybridized carbons (Fsp3) is 0.450. The second-order valence-electron chi connectivity index (χ2n) is 6.96. The molecule has 3 rings (SSSR count). The first-order valence-corrected chi connectivity index (χ1v) is 9.07. The van der Waals surface area contributed by atoms with E-state index >= 15 is 0 Å². The van der Waals surface area contributed by atoms with Crippen molar-refractivity contribution in [2.45, 2.75) is 25.4 Å². The minimum Gasteiger partial charge on any atom is -0.495 e. The van der Waals surface area contributed by atoms with Crippen LogP contribution in [0.1, 0.15) is 30.9 Å². The van der Waals surface area contributed by atoms with Crippen LogP contribution in [-0.2, 0) is 4.79 Å². The third kappa shape index (κ3) is 4.19. The quantitative estimate of drug-likeness (QED) is 0.757. The Morgan fingerprint density at radius 2 is 2.30 bits per heavy atom. The highest BCUT2D eigenvalue weighted by Gasteiger charge is 2.31. The lowest BCUT2D eigenvalue weighted by Gasteiger charge is -2.34. The zero-order valence-electron chi connectivity index (χ0n) is 15.2. The van der Waals surface area contributed by atoms with E-state index in [0.717, 1.165) is 22.8 Å². The zero-order valence-corrected chi connectivity index (χ0v) is 15.2. The Morgan fingerprint density at radius 3 is 3.00 bits per heavy atom. The van der Waals surface area contributed by atoms with Gasteiger partial charge < -0.3 is 24.6 Å². The Kier molecular flexibility index (Phi) is 5.91. The number of pyridine rings is 1. The molecule has 0 radical (unpaired) electrons. The van der Waals surface area contributed by atoms with E-state index in [0.29, 0.717) is 31.6 Å². The highest BCUT2D eigenvalue weighted by Crippen LogP contribution is 2.33. The van der Waals surface area contributed by atoms with Crippen LogP contribution < -0.4 is 4.74 Å². The molecule has 1 amide bonds. The summed E-state index contributed by atoms with van der Waals surface area (Å²) in [5.74, 6) is 0.385. The van der Waals surface area contributed by atoms with Crippen LogP contribution in [0.3, 0.4) is 0 Å². The van der Waals surface area contributed by atoms with Gasteiger partial charge in [-0.2, -0.15) is 0 Å². The Bertz CT molecular complexity index is 825. The molecular weight excluding hydrogens is 348 g/mol. The van der Waals surface area contributed by atoms with Gasteiger partial charge >= 0.3 is 6.09 Å². The number of carbonyl (C=O) groups is 2. The third-order valence-electron chi connectivity index (χ3n) is 5.39. The second kappa shape index (κ2) is 8.35. The number of hydrogen-bond donors (Lipinski definition) is 2. The lowest BCUT2D eigenvalue weighted by atomic mass is 9.82. The van der Waals surface area contributed by atoms with E-state index in [1.54, 1.807) is 13.3 Å². The molecule has 1 aliphatic rings. The summed E-state index contributed by atoms with van der Waals surface area (Å²) < 4.78 is 5.23. The van der Waals surface area contributed by atoms with E-state index in [1.165, 1.54) is 4.90 Å². The minimum absolute atomic E-state index is 0.0791. The van der Waals surface area contributed by atoms with Crippen LogP contribution in [0, 0.1) is 11.8 Å². The van der Waals surface area contributed by atoms with Gasteiger partial charge in [0.05, 0.1) is 24.9 Å². The molecule has 27 heavy (non-hydrogen) atoms. The minimum atomic E-state index is -0.988. The first-order valence-electron chi connectivity index (χ1n) is 9.07. The molecule has 0 bridgehead atoms. The summed E-state index contributed by atoms with van der Waals surface area (Å²) in [4.78, 5) is 28.1. The molecule has 0 spiro atoms. The monoisotopic (exact) mass is 372 g/mol. The van der Waals surface area contributed by atoms with Gasteiger partial charge in [0, 0.05) is 24.4 Å². The summed E-state index contributed by atoms with van der Waals surface area (Å²) in [5, 5.41) is 20.7. The second-order valence-corrected chi connectivity index (χ2v) is 6.96. The average molecular weight is 372 g/mol. The van der Waals surface area contributed by atoms with Crippen molar-refractivity contribution < 1.29 is 24.5 Å². The molecule has 2 N–H and O–H groups in total. The number of carboxylic acid groups (broad SMARTS) is 1. The molecule has 1 aliphatic heterocycles. The molecule has 0 aliphatic carbocycles. The maximum absolute atomic E-state index is 11.4. The summed E-state index contributed by atoms with van der Waals surface area (Å²) in [6.07, 6.45) is 2.60. The fourth-order valence-electron chi connectivity index (χ4n) is 3.80. The van der Waals surface area contributed by atoms with Gasteiger partial charge in [0.2, 0.25) is 0 Å². The Labute approximate surface area is 157 Å². The molecule has 1 aromatic carbocycles. The number of aromatic nitrogens is 1. The maximum Gasteiger partial charge on any atom is 0.407 e. The van der Waals surface area contributed by atoms with E-state index in [2.05, 4.69) is 4.98 Å². The van der Waals surface area contributed by atoms with Crippen molar-refractivity contribution in [1.82, 2.24) is 9.88 Å². The number of aldehydes is 1. The summed E-state index contributed by atoms with van der Waals surface area (Å²) in [6.45, 7) is 0.658. The number of fused-ring (bicyclic) bond motifs is 1. The summed E-state index contributed by atoms with van der Waals surface area (Å²) in [7, 11) is 1.57. The number of nitrogens with zero attached hydrogens (tertiary/aromatic N) is 2. The van der Waals surface area contributed by atoms with Crippen LogP contribution in [0.5, 0.6) is 5.75 Å². The van der Waals surface area contributed by atoms with Crippen LogP contribution >= 0.6 is 0 Å². The van der Waals surface area contributed by atoms with Gasteiger partial charge in [0.1, 0.15) is 12.0 Å². The van der Waals surface area contributed by atoms with Gasteiger partial charge in [-0.25, -0.2) is 4.79 Å². The van der Waals surface area contributed by atoms with Crippen molar-refractivity contribution in [2.75, 3.05) is 20.2 Å². The number of amides is 1. The molecule has 3 atom stereocenters. The van der Waals surface area contributed by atoms with E-state index < -0.39 is 12.2 Å². The standard InChI is InChI=1S/C20H24N2O5/c1-27-15-9-17-16(3-2-4-18(17)21-10-15)19(24)6-5-13-7-8-22(20(25)26)11-14(13)12-23/h2-4,9-10,12-14,19,24H,5-8,11H2,1H3,(H,25,26)/t13-,14-,19?/m1/s1. The van der Waals surface area contributed by atoms with Crippen LogP contribution in [-0.4, -0.2) is 52.7 Å². The Hall–Kier alpha value is -2.67. The maximum atomic E-state index is 11.4. The van der Waals surface area contributed by atoms with Gasteiger partial charge in [0.15, 0.2) is 0 Å². The number of hydrogen-bond acceptors (Lipinski definition) is 5. The molecule has 1 saturated heterocycles. The van der Waals surface area contributed by atoms with Crippen LogP contribution in [0.25, 0.3) is 10.9 Å². The SMILES string of the molecule is COc1cnc2cccc(C(O)CC[C@@H]3CCN(C(=O)O)C[C@@H]3C=O)c2c1. The van der Waals surface area contributed by atoms with Crippen LogP contribution in [0.4, 0.5) is 4.79 Å². The topological polar surface area (TPSA) is 100.0 Å². The summed E-state index contributed by atoms with van der Waals surface area (Å²) >= 11 is 0. The van der Waals surface area contributed by atoms with Crippen molar-refractivity contribution in [2.24, 2.45) is 11.8 Å². The average Bonchev–Trinajstić information content (AvgIpc) is 2.70. The largest absolute Gasteiger partial charge is 0.495 e. The van der Waals surface area contributed by atoms with Gasteiger partial charge in [-0.05, 0) is 42.9 Å². The van der Waals surface area contributed by atoms with Gasteiger partial charge in [0.25, 0.3) is 0 Å². The molecule has 7 heteroatoms. The number of benzene rings is 1. The highest BCUT2D eigenvalue weighted by atomic mass is 16.5. The van der Waals surface area contributed by atoms with Crippen molar-refractivity contribution in [3.63, 3.8) is 0 Å². The van der Waals surface area contributed by atoms with Crippen molar-refractivity contribution >= 4 is 23.3 Å². The fourth-order valence-corrected chi connectivity index (χ4v) is 3.80. The number of likely N-dealkylation sites (tertiary alicyclic amines) is 1. The number of rotatable bonds is 6. The number of aliphatic hydroxyl groups is 1. The Balaban J connectivity index is 1.71. The van der Waals surface area contributed by atoms with E-state index in [9.17, 15) is 14.7 Å². The number of aliphatic hydroxyl groups excluding tert-OH is 1. The van der Waals surface area contributed by atoms with Crippen LogP contribution in [0.15, 0.2) is 30.5 Å². The van der Waals surface area contributed by atoms with E-state index in [4.69, 9.17) is 9.84 Å². The van der Waals surface area contributed by atoms with Gasteiger partial charge in [-0.1, -0.05) is 12.1 Å². The normalized spacial score (nSPS) is 21.0. The molecular formula is C20H24N2O5. The first kappa shape index (κ1) is 19.1. The van der Waals surface area contributed by atoms with Crippen molar-refractivity contribution in [3.05, 3.63) is 36.0 Å². The third-order valence-corrected chi connectivity index (χ3v) is 5.39. The van der Waals surface area contributed by atoms with Crippen LogP contribution in [0.2, 0.25) is 0 Å². The lowest BCUT2D eigenvalue weighted by Crippen LogP contribution is -2.43. The number of ether oxygens (including phenoxy) is 1. The van der Waals surface area contributed by atoms with Crippen molar-refractivity contribution in [1.29, 1.82) is 0 Å². The van der Waals surface area contributed by atoms with Gasteiger partial charge in [-0.3, -0.25) is 4.98 Å². The predicted octanol–water partition coefficient (Wildman–Crippen LogP) is 2.87. The first-order chi connectivity index (χ1) is 13.0.